The van der Waals surface area contributed by atoms with E-state index in [0.29, 0.717) is 19.6 Å². The highest BCUT2D eigenvalue weighted by atomic mass is 32.2. The Balaban J connectivity index is 2.81. The van der Waals surface area contributed by atoms with Gasteiger partial charge in [-0.2, -0.15) is 17.4 Å². The van der Waals surface area contributed by atoms with Crippen LogP contribution in [-0.2, 0) is 19.7 Å². The molecular formula is C10H20N2O5S. The first kappa shape index (κ1) is 15.4. The molecule has 0 radical (unpaired) electrons. The number of hydrogen-bond acceptors (Lipinski definition) is 4. The summed E-state index contributed by atoms with van der Waals surface area (Å²) in [6, 6.07) is 0. The highest BCUT2D eigenvalue weighted by Crippen LogP contribution is 2.16. The van der Waals surface area contributed by atoms with Gasteiger partial charge < -0.3 is 9.84 Å². The normalized spacial score (nSPS) is 21.4. The van der Waals surface area contributed by atoms with E-state index in [4.69, 9.17) is 9.84 Å². The molecule has 0 amide bonds. The largest absolute Gasteiger partial charge is 0.480 e. The number of carboxylic acid groups (broad SMARTS) is 1. The summed E-state index contributed by atoms with van der Waals surface area (Å²) in [5.74, 6) is -1.17. The molecule has 1 aliphatic rings. The van der Waals surface area contributed by atoms with Crippen molar-refractivity contribution in [2.45, 2.75) is 32.2 Å². The molecule has 0 aromatic carbocycles. The van der Waals surface area contributed by atoms with Gasteiger partial charge in [-0.15, -0.1) is 0 Å². The van der Waals surface area contributed by atoms with E-state index in [9.17, 15) is 13.2 Å². The standard InChI is InChI=1S/C10H20N2O5S/c1-3-4-10(2,9(13)14)11-18(15,16)12-5-7-17-8-6-12/h11H,3-8H2,1-2H3,(H,13,14). The maximum atomic E-state index is 12.1. The second-order valence-corrected chi connectivity index (χ2v) is 6.18. The Hall–Kier alpha value is -0.700. The van der Waals surface area contributed by atoms with Crippen LogP contribution in [0.2, 0.25) is 0 Å². The Morgan fingerprint density at radius 1 is 1.44 bits per heavy atom. The summed E-state index contributed by atoms with van der Waals surface area (Å²) in [7, 11) is -3.79. The quantitative estimate of drug-likeness (QED) is 0.702. The highest BCUT2D eigenvalue weighted by molar-refractivity contribution is 7.87. The summed E-state index contributed by atoms with van der Waals surface area (Å²) in [5, 5.41) is 9.16. The SMILES string of the molecule is CCCC(C)(NS(=O)(=O)N1CCOCC1)C(=O)O. The first-order valence-corrected chi connectivity index (χ1v) is 7.36. The van der Waals surface area contributed by atoms with Crippen LogP contribution in [0.5, 0.6) is 0 Å². The number of nitrogens with one attached hydrogen (secondary N) is 1. The Bertz CT molecular complexity index is 391. The van der Waals surface area contributed by atoms with Crippen LogP contribution in [0.1, 0.15) is 26.7 Å². The molecule has 1 unspecified atom stereocenters. The molecule has 2 N–H and O–H groups in total. The van der Waals surface area contributed by atoms with Crippen LogP contribution in [0, 0.1) is 0 Å². The molecule has 18 heavy (non-hydrogen) atoms. The molecule has 0 aromatic heterocycles. The van der Waals surface area contributed by atoms with E-state index in [-0.39, 0.29) is 19.5 Å². The molecule has 1 fully saturated rings. The predicted octanol–water partition coefficient (Wildman–Crippen LogP) is -0.204. The minimum Gasteiger partial charge on any atom is -0.480 e. The summed E-state index contributed by atoms with van der Waals surface area (Å²) in [6.07, 6.45) is 0.820. The summed E-state index contributed by atoms with van der Waals surface area (Å²) < 4.78 is 32.7. The number of carboxylic acids is 1. The van der Waals surface area contributed by atoms with Crippen molar-refractivity contribution in [1.29, 1.82) is 0 Å². The Morgan fingerprint density at radius 3 is 2.44 bits per heavy atom. The Kier molecular flexibility index (Phi) is 5.09. The molecule has 0 aliphatic carbocycles. The van der Waals surface area contributed by atoms with Crippen LogP contribution in [0.25, 0.3) is 0 Å². The molecule has 0 aromatic rings. The molecule has 1 saturated heterocycles. The van der Waals surface area contributed by atoms with E-state index in [0.717, 1.165) is 0 Å². The van der Waals surface area contributed by atoms with E-state index >= 15 is 0 Å². The molecule has 1 aliphatic heterocycles. The van der Waals surface area contributed by atoms with E-state index in [2.05, 4.69) is 4.72 Å². The van der Waals surface area contributed by atoms with Crippen LogP contribution in [0.3, 0.4) is 0 Å². The number of carbonyl (C=O) groups is 1. The Morgan fingerprint density at radius 2 is 2.00 bits per heavy atom. The first-order valence-electron chi connectivity index (χ1n) is 5.92. The van der Waals surface area contributed by atoms with E-state index in [1.165, 1.54) is 11.2 Å². The molecule has 8 heteroatoms. The lowest BCUT2D eigenvalue weighted by Crippen LogP contribution is -2.57. The molecule has 1 rings (SSSR count). The lowest BCUT2D eigenvalue weighted by Gasteiger charge is -2.31. The van der Waals surface area contributed by atoms with Gasteiger partial charge in [0.15, 0.2) is 0 Å². The average Bonchev–Trinajstić information content (AvgIpc) is 2.29. The van der Waals surface area contributed by atoms with Crippen molar-refractivity contribution in [3.63, 3.8) is 0 Å². The highest BCUT2D eigenvalue weighted by Gasteiger charge is 2.39. The third-order valence-corrected chi connectivity index (χ3v) is 4.64. The fourth-order valence-electron chi connectivity index (χ4n) is 1.84. The third kappa shape index (κ3) is 3.64. The van der Waals surface area contributed by atoms with Crippen LogP contribution in [0.4, 0.5) is 0 Å². The smallest absolute Gasteiger partial charge is 0.324 e. The minimum atomic E-state index is -3.79. The van der Waals surface area contributed by atoms with Crippen molar-refractivity contribution in [3.05, 3.63) is 0 Å². The number of aliphatic carboxylic acids is 1. The maximum Gasteiger partial charge on any atom is 0.324 e. The zero-order valence-corrected chi connectivity index (χ0v) is 11.5. The fraction of sp³-hybridized carbons (Fsp3) is 0.900. The minimum absolute atomic E-state index is 0.242. The maximum absolute atomic E-state index is 12.1. The van der Waals surface area contributed by atoms with Crippen molar-refractivity contribution in [3.8, 4) is 0 Å². The monoisotopic (exact) mass is 280 g/mol. The summed E-state index contributed by atoms with van der Waals surface area (Å²) in [4.78, 5) is 11.2. The first-order chi connectivity index (χ1) is 8.32. The van der Waals surface area contributed by atoms with Gasteiger partial charge in [0.1, 0.15) is 5.54 Å². The van der Waals surface area contributed by atoms with Gasteiger partial charge in [-0.1, -0.05) is 13.3 Å². The van der Waals surface area contributed by atoms with E-state index in [1.807, 2.05) is 6.92 Å². The van der Waals surface area contributed by atoms with Crippen LogP contribution < -0.4 is 4.72 Å². The van der Waals surface area contributed by atoms with E-state index < -0.39 is 21.7 Å². The topological polar surface area (TPSA) is 95.9 Å². The number of nitrogens with zero attached hydrogens (tertiary/aromatic N) is 1. The van der Waals surface area contributed by atoms with Crippen LogP contribution in [-0.4, -0.2) is 55.6 Å². The van der Waals surface area contributed by atoms with Crippen molar-refractivity contribution >= 4 is 16.2 Å². The number of morpholine rings is 1. The van der Waals surface area contributed by atoms with Crippen molar-refractivity contribution < 1.29 is 23.1 Å². The predicted molar refractivity (Wildman–Crippen MR) is 65.4 cm³/mol. The van der Waals surface area contributed by atoms with Crippen molar-refractivity contribution in [2.75, 3.05) is 26.3 Å². The lowest BCUT2D eigenvalue weighted by atomic mass is 9.98. The second-order valence-electron chi connectivity index (χ2n) is 4.51. The third-order valence-electron chi connectivity index (χ3n) is 2.89. The second kappa shape index (κ2) is 5.96. The summed E-state index contributed by atoms with van der Waals surface area (Å²) >= 11 is 0. The molecule has 1 atom stereocenters. The fourth-order valence-corrected chi connectivity index (χ4v) is 3.36. The number of rotatable bonds is 6. The van der Waals surface area contributed by atoms with Gasteiger partial charge >= 0.3 is 5.97 Å². The van der Waals surface area contributed by atoms with Crippen molar-refractivity contribution in [1.82, 2.24) is 9.03 Å². The van der Waals surface area contributed by atoms with Gasteiger partial charge in [-0.25, -0.2) is 0 Å². The van der Waals surface area contributed by atoms with Crippen molar-refractivity contribution in [2.24, 2.45) is 0 Å². The van der Waals surface area contributed by atoms with Gasteiger partial charge in [0, 0.05) is 13.1 Å². The van der Waals surface area contributed by atoms with Gasteiger partial charge in [0.2, 0.25) is 0 Å². The van der Waals surface area contributed by atoms with Gasteiger partial charge in [-0.05, 0) is 13.3 Å². The summed E-state index contributed by atoms with van der Waals surface area (Å²) in [5.41, 5.74) is -1.47. The van der Waals surface area contributed by atoms with Gasteiger partial charge in [-0.3, -0.25) is 4.79 Å². The molecule has 0 spiro atoms. The molecule has 0 saturated carbocycles. The van der Waals surface area contributed by atoms with Gasteiger partial charge in [0.05, 0.1) is 13.2 Å². The van der Waals surface area contributed by atoms with Gasteiger partial charge in [0.25, 0.3) is 10.2 Å². The number of ether oxygens (including phenoxy) is 1. The van der Waals surface area contributed by atoms with Crippen LogP contribution in [0.15, 0.2) is 0 Å². The molecular weight excluding hydrogens is 260 g/mol. The molecule has 1 heterocycles. The average molecular weight is 280 g/mol. The zero-order chi connectivity index (χ0) is 13.8. The van der Waals surface area contributed by atoms with Crippen LogP contribution >= 0.6 is 0 Å². The molecule has 7 nitrogen and oxygen atoms in total. The lowest BCUT2D eigenvalue weighted by molar-refractivity contribution is -0.143. The Labute approximate surface area is 107 Å². The molecule has 0 bridgehead atoms. The van der Waals surface area contributed by atoms with E-state index in [1.54, 1.807) is 0 Å². The number of hydrogen-bond donors (Lipinski definition) is 2. The summed E-state index contributed by atoms with van der Waals surface area (Å²) in [6.45, 7) is 4.35. The molecule has 106 valence electrons. The zero-order valence-electron chi connectivity index (χ0n) is 10.7.